The molecule has 0 saturated carbocycles. The van der Waals surface area contributed by atoms with Gasteiger partial charge in [0.2, 0.25) is 0 Å². The van der Waals surface area contributed by atoms with Crippen molar-refractivity contribution in [2.75, 3.05) is 13.2 Å². The van der Waals surface area contributed by atoms with E-state index in [-0.39, 0.29) is 37.5 Å². The van der Waals surface area contributed by atoms with Crippen molar-refractivity contribution in [2.24, 2.45) is 0 Å². The number of rotatable bonds is 55. The summed E-state index contributed by atoms with van der Waals surface area (Å²) in [6.07, 6.45) is 91.2. The Kier molecular flexibility index (Phi) is 59.9. The standard InChI is InChI=1S/C71H114O6/c1-4-7-10-13-16-19-22-25-28-31-33-34-35-36-38-40-43-46-49-52-55-58-61-64-70(73)76-67-68(66-75-69(72)63-60-57-54-51-48-45-42-39-30-27-24-21-18-15-12-9-6-3)77-71(74)65-62-59-56-53-50-47-44-41-37-32-29-26-23-20-17-14-11-8-5-2/h7-8,10-11,16-21,25-30,33-34,36-38,41,47,50,68H,4-6,9,12-15,22-24,31-32,35,39-40,42-46,48-49,51-67H2,1-3H3/b10-7-,11-8-,19-16-,20-17-,21-18-,28-25-,29-26-,30-27-,34-33-,38-36-,41-37-,50-47-. The molecule has 0 aliphatic heterocycles. The molecule has 0 bridgehead atoms. The Balaban J connectivity index is 4.50. The Morgan fingerprint density at radius 1 is 0.273 bits per heavy atom. The summed E-state index contributed by atoms with van der Waals surface area (Å²) >= 11 is 0. The van der Waals surface area contributed by atoms with Gasteiger partial charge < -0.3 is 14.2 Å². The summed E-state index contributed by atoms with van der Waals surface area (Å²) in [7, 11) is 0. The van der Waals surface area contributed by atoms with Crippen molar-refractivity contribution in [2.45, 2.75) is 271 Å². The fourth-order valence-corrected chi connectivity index (χ4v) is 8.17. The molecule has 0 aromatic rings. The summed E-state index contributed by atoms with van der Waals surface area (Å²) in [5, 5.41) is 0. The first-order valence-corrected chi connectivity index (χ1v) is 31.3. The molecule has 0 aromatic heterocycles. The molecule has 0 saturated heterocycles. The van der Waals surface area contributed by atoms with Crippen molar-refractivity contribution in [1.29, 1.82) is 0 Å². The summed E-state index contributed by atoms with van der Waals surface area (Å²) in [6.45, 7) is 6.35. The van der Waals surface area contributed by atoms with E-state index in [1.165, 1.54) is 77.0 Å². The van der Waals surface area contributed by atoms with Crippen LogP contribution in [-0.2, 0) is 28.6 Å². The quantitative estimate of drug-likeness (QED) is 0.0261. The van der Waals surface area contributed by atoms with Gasteiger partial charge >= 0.3 is 17.9 Å². The topological polar surface area (TPSA) is 78.9 Å². The Hall–Kier alpha value is -4.71. The first-order valence-electron chi connectivity index (χ1n) is 31.3. The maximum atomic E-state index is 12.9. The fraction of sp³-hybridized carbons (Fsp3) is 0.620. The van der Waals surface area contributed by atoms with Crippen LogP contribution < -0.4 is 0 Å². The van der Waals surface area contributed by atoms with Gasteiger partial charge in [-0.3, -0.25) is 14.4 Å². The number of ether oxygens (including phenoxy) is 3. The highest BCUT2D eigenvalue weighted by Crippen LogP contribution is 2.14. The highest BCUT2D eigenvalue weighted by molar-refractivity contribution is 5.71. The van der Waals surface area contributed by atoms with Gasteiger partial charge in [0.15, 0.2) is 6.10 Å². The third-order valence-electron chi connectivity index (χ3n) is 12.8. The van der Waals surface area contributed by atoms with E-state index in [1.807, 2.05) is 0 Å². The first kappa shape index (κ1) is 72.3. The van der Waals surface area contributed by atoms with Crippen LogP contribution in [0.1, 0.15) is 265 Å². The van der Waals surface area contributed by atoms with Gasteiger partial charge in [-0.25, -0.2) is 0 Å². The van der Waals surface area contributed by atoms with E-state index < -0.39 is 6.10 Å². The molecule has 0 rings (SSSR count). The molecule has 0 spiro atoms. The number of hydrogen-bond acceptors (Lipinski definition) is 6. The number of unbranched alkanes of at least 4 members (excludes halogenated alkanes) is 20. The predicted molar refractivity (Wildman–Crippen MR) is 334 cm³/mol. The lowest BCUT2D eigenvalue weighted by Gasteiger charge is -2.18. The van der Waals surface area contributed by atoms with E-state index in [2.05, 4.69) is 167 Å². The Bertz CT molecular complexity index is 1700. The highest BCUT2D eigenvalue weighted by atomic mass is 16.6. The molecule has 0 heterocycles. The minimum absolute atomic E-state index is 0.104. The Morgan fingerprint density at radius 3 is 0.805 bits per heavy atom. The van der Waals surface area contributed by atoms with Gasteiger partial charge in [-0.2, -0.15) is 0 Å². The lowest BCUT2D eigenvalue weighted by atomic mass is 10.1. The second-order valence-electron chi connectivity index (χ2n) is 20.2. The zero-order valence-electron chi connectivity index (χ0n) is 49.7. The van der Waals surface area contributed by atoms with Crippen molar-refractivity contribution in [3.63, 3.8) is 0 Å². The molecule has 434 valence electrons. The molecular weight excluding hydrogens is 949 g/mol. The summed E-state index contributed by atoms with van der Waals surface area (Å²) < 4.78 is 16.9. The van der Waals surface area contributed by atoms with Crippen molar-refractivity contribution in [1.82, 2.24) is 0 Å². The molecule has 6 nitrogen and oxygen atoms in total. The molecule has 6 heteroatoms. The molecule has 0 N–H and O–H groups in total. The largest absolute Gasteiger partial charge is 0.462 e. The molecule has 1 atom stereocenters. The van der Waals surface area contributed by atoms with Crippen molar-refractivity contribution >= 4 is 17.9 Å². The molecule has 1 unspecified atom stereocenters. The average molecular weight is 1060 g/mol. The highest BCUT2D eigenvalue weighted by Gasteiger charge is 2.19. The van der Waals surface area contributed by atoms with Crippen LogP contribution in [0.15, 0.2) is 146 Å². The lowest BCUT2D eigenvalue weighted by Crippen LogP contribution is -2.30. The van der Waals surface area contributed by atoms with Crippen LogP contribution in [0, 0.1) is 0 Å². The van der Waals surface area contributed by atoms with Gasteiger partial charge in [-0.1, -0.05) is 250 Å². The summed E-state index contributed by atoms with van der Waals surface area (Å²) in [5.41, 5.74) is 0. The zero-order chi connectivity index (χ0) is 55.7. The van der Waals surface area contributed by atoms with Gasteiger partial charge in [0.05, 0.1) is 0 Å². The average Bonchev–Trinajstić information content (AvgIpc) is 3.43. The third-order valence-corrected chi connectivity index (χ3v) is 12.8. The Morgan fingerprint density at radius 2 is 0.506 bits per heavy atom. The van der Waals surface area contributed by atoms with E-state index in [9.17, 15) is 14.4 Å². The summed E-state index contributed by atoms with van der Waals surface area (Å²) in [6, 6.07) is 0. The third kappa shape index (κ3) is 62.0. The maximum Gasteiger partial charge on any atom is 0.306 e. The molecule has 0 aliphatic carbocycles. The SMILES string of the molecule is CC/C=C\C/C=C\C/C=C\C/C=C\C/C=C\CCCCCCCCCC(=O)OCC(COC(=O)CCCCCCCCC/C=C\C/C=C\CCCCC)OC(=O)CCCCC/C=C\C/C=C\C/C=C\C/C=C\C/C=C\CC. The number of allylic oxidation sites excluding steroid dienone is 24. The smallest absolute Gasteiger partial charge is 0.306 e. The van der Waals surface area contributed by atoms with Crippen LogP contribution in [0.2, 0.25) is 0 Å². The van der Waals surface area contributed by atoms with E-state index in [4.69, 9.17) is 14.2 Å². The summed E-state index contributed by atoms with van der Waals surface area (Å²) in [4.78, 5) is 38.3. The van der Waals surface area contributed by atoms with E-state index in [0.717, 1.165) is 141 Å². The molecule has 77 heavy (non-hydrogen) atoms. The maximum absolute atomic E-state index is 12.9. The van der Waals surface area contributed by atoms with Gasteiger partial charge in [0, 0.05) is 19.3 Å². The zero-order valence-corrected chi connectivity index (χ0v) is 49.7. The minimum atomic E-state index is -0.812. The van der Waals surface area contributed by atoms with E-state index in [1.54, 1.807) is 0 Å². The van der Waals surface area contributed by atoms with Crippen molar-refractivity contribution in [3.05, 3.63) is 146 Å². The van der Waals surface area contributed by atoms with Crippen LogP contribution in [-0.4, -0.2) is 37.2 Å². The van der Waals surface area contributed by atoms with Gasteiger partial charge in [-0.05, 0) is 141 Å². The molecule has 0 aliphatic rings. The molecule has 0 amide bonds. The van der Waals surface area contributed by atoms with Crippen LogP contribution in [0.5, 0.6) is 0 Å². The predicted octanol–water partition coefficient (Wildman–Crippen LogP) is 21.5. The van der Waals surface area contributed by atoms with Crippen LogP contribution in [0.25, 0.3) is 0 Å². The first-order chi connectivity index (χ1) is 38.0. The summed E-state index contributed by atoms with van der Waals surface area (Å²) in [5.74, 6) is -0.956. The van der Waals surface area contributed by atoms with Crippen LogP contribution >= 0.6 is 0 Å². The van der Waals surface area contributed by atoms with Crippen molar-refractivity contribution < 1.29 is 28.6 Å². The number of carbonyl (C=O) groups excluding carboxylic acids is 3. The molecule has 0 aromatic carbocycles. The van der Waals surface area contributed by atoms with Gasteiger partial charge in [-0.15, -0.1) is 0 Å². The normalized spacial score (nSPS) is 13.1. The monoisotopic (exact) mass is 1060 g/mol. The second kappa shape index (κ2) is 63.8. The van der Waals surface area contributed by atoms with Crippen LogP contribution in [0.4, 0.5) is 0 Å². The van der Waals surface area contributed by atoms with E-state index >= 15 is 0 Å². The second-order valence-corrected chi connectivity index (χ2v) is 20.2. The van der Waals surface area contributed by atoms with Gasteiger partial charge in [0.1, 0.15) is 13.2 Å². The minimum Gasteiger partial charge on any atom is -0.462 e. The van der Waals surface area contributed by atoms with Crippen LogP contribution in [0.3, 0.4) is 0 Å². The Labute approximate surface area is 474 Å². The molecular formula is C71H114O6. The van der Waals surface area contributed by atoms with Crippen molar-refractivity contribution in [3.8, 4) is 0 Å². The number of hydrogen-bond donors (Lipinski definition) is 0. The molecule has 0 radical (unpaired) electrons. The number of esters is 3. The number of carbonyl (C=O) groups is 3. The van der Waals surface area contributed by atoms with E-state index in [0.29, 0.717) is 19.3 Å². The lowest BCUT2D eigenvalue weighted by molar-refractivity contribution is -0.167. The van der Waals surface area contributed by atoms with Gasteiger partial charge in [0.25, 0.3) is 0 Å². The molecule has 0 fully saturated rings. The fourth-order valence-electron chi connectivity index (χ4n) is 8.17.